The number of hydrazine groups is 1. The third kappa shape index (κ3) is 3.75. The van der Waals surface area contributed by atoms with E-state index in [0.29, 0.717) is 18.5 Å². The van der Waals surface area contributed by atoms with Crippen LogP contribution < -0.4 is 10.7 Å². The molecule has 0 radical (unpaired) electrons. The summed E-state index contributed by atoms with van der Waals surface area (Å²) in [4.78, 5) is 37.7. The second-order valence-corrected chi connectivity index (χ2v) is 7.13. The fraction of sp³-hybridized carbons (Fsp3) is 0.200. The van der Waals surface area contributed by atoms with Gasteiger partial charge in [0.1, 0.15) is 11.9 Å². The third-order valence-electron chi connectivity index (χ3n) is 4.97. The zero-order chi connectivity index (χ0) is 21.1. The highest BCUT2D eigenvalue weighted by atomic mass is 16.2. The number of tetrazole rings is 1. The molecular weight excluding hydrogens is 386 g/mol. The summed E-state index contributed by atoms with van der Waals surface area (Å²) >= 11 is 0. The van der Waals surface area contributed by atoms with Gasteiger partial charge in [0, 0.05) is 5.56 Å². The first-order valence-corrected chi connectivity index (χ1v) is 9.31. The molecule has 1 fully saturated rings. The Bertz CT molecular complexity index is 1070. The molecule has 0 saturated carbocycles. The molecule has 1 atom stereocenters. The van der Waals surface area contributed by atoms with Crippen LogP contribution in [0.25, 0.3) is 5.69 Å². The van der Waals surface area contributed by atoms with E-state index < -0.39 is 23.4 Å². The predicted octanol–water partition coefficient (Wildman–Crippen LogP) is 1.25. The first-order valence-electron chi connectivity index (χ1n) is 9.31. The van der Waals surface area contributed by atoms with Gasteiger partial charge in [-0.15, -0.1) is 5.10 Å². The van der Waals surface area contributed by atoms with Crippen LogP contribution in [-0.4, -0.2) is 48.6 Å². The van der Waals surface area contributed by atoms with E-state index >= 15 is 0 Å². The van der Waals surface area contributed by atoms with Crippen LogP contribution in [0, 0.1) is 0 Å². The number of aromatic nitrogens is 4. The highest BCUT2D eigenvalue weighted by Crippen LogP contribution is 2.22. The Morgan fingerprint density at radius 3 is 2.50 bits per heavy atom. The first-order chi connectivity index (χ1) is 14.5. The van der Waals surface area contributed by atoms with Crippen molar-refractivity contribution in [3.8, 4) is 5.69 Å². The Morgan fingerprint density at radius 2 is 1.83 bits per heavy atom. The quantitative estimate of drug-likeness (QED) is 0.595. The van der Waals surface area contributed by atoms with E-state index in [2.05, 4.69) is 26.3 Å². The summed E-state index contributed by atoms with van der Waals surface area (Å²) in [6.45, 7) is 1.66. The summed E-state index contributed by atoms with van der Waals surface area (Å²) < 4.78 is 1.44. The van der Waals surface area contributed by atoms with Crippen molar-refractivity contribution in [2.75, 3.05) is 0 Å². The normalized spacial score (nSPS) is 18.4. The van der Waals surface area contributed by atoms with Crippen molar-refractivity contribution in [3.05, 3.63) is 72.1 Å². The fourth-order valence-electron chi connectivity index (χ4n) is 3.21. The number of amides is 4. The van der Waals surface area contributed by atoms with Crippen molar-refractivity contribution in [2.45, 2.75) is 25.3 Å². The van der Waals surface area contributed by atoms with Crippen LogP contribution in [0.3, 0.4) is 0 Å². The molecule has 1 aromatic heterocycles. The Labute approximate surface area is 171 Å². The molecule has 10 nitrogen and oxygen atoms in total. The molecule has 152 valence electrons. The van der Waals surface area contributed by atoms with E-state index in [9.17, 15) is 14.4 Å². The molecule has 1 unspecified atom stereocenters. The molecule has 3 aromatic rings. The fourth-order valence-corrected chi connectivity index (χ4v) is 3.21. The van der Waals surface area contributed by atoms with Crippen LogP contribution in [-0.2, 0) is 11.2 Å². The lowest BCUT2D eigenvalue weighted by atomic mass is 9.93. The number of imide groups is 1. The summed E-state index contributed by atoms with van der Waals surface area (Å²) in [6.07, 6.45) is 2.46. The van der Waals surface area contributed by atoms with Gasteiger partial charge in [0.2, 0.25) is 0 Å². The highest BCUT2D eigenvalue weighted by molar-refractivity contribution is 6.09. The van der Waals surface area contributed by atoms with Gasteiger partial charge in [0.25, 0.3) is 11.8 Å². The van der Waals surface area contributed by atoms with Crippen molar-refractivity contribution in [1.82, 2.24) is 36.0 Å². The number of nitrogens with one attached hydrogen (secondary N) is 2. The predicted molar refractivity (Wildman–Crippen MR) is 105 cm³/mol. The van der Waals surface area contributed by atoms with E-state index in [1.165, 1.54) is 11.0 Å². The minimum atomic E-state index is -1.09. The maximum atomic E-state index is 12.8. The van der Waals surface area contributed by atoms with Crippen LogP contribution in [0.1, 0.15) is 29.3 Å². The van der Waals surface area contributed by atoms with Gasteiger partial charge in [0.15, 0.2) is 0 Å². The number of aryl methyl sites for hydroxylation is 1. The molecule has 4 rings (SSSR count). The number of carbonyl (C=O) groups is 3. The number of urea groups is 1. The number of nitrogens with zero attached hydrogens (tertiary/aromatic N) is 5. The Balaban J connectivity index is 1.42. The van der Waals surface area contributed by atoms with Crippen molar-refractivity contribution in [2.24, 2.45) is 0 Å². The SMILES string of the molecule is CC1(CCc2ccccc2)NC(=O)N(NC(=O)c2ccc(-n3cnnn3)cc2)C1=O. The average molecular weight is 405 g/mol. The summed E-state index contributed by atoms with van der Waals surface area (Å²) in [5.41, 5.74) is 3.31. The topological polar surface area (TPSA) is 122 Å². The lowest BCUT2D eigenvalue weighted by Gasteiger charge is -2.21. The van der Waals surface area contributed by atoms with Crippen LogP contribution in [0.15, 0.2) is 60.9 Å². The lowest BCUT2D eigenvalue weighted by Crippen LogP contribution is -2.48. The molecule has 0 aliphatic carbocycles. The second kappa shape index (κ2) is 7.74. The molecule has 4 amide bonds. The van der Waals surface area contributed by atoms with Gasteiger partial charge < -0.3 is 5.32 Å². The molecule has 2 heterocycles. The minimum absolute atomic E-state index is 0.283. The molecule has 2 N–H and O–H groups in total. The van der Waals surface area contributed by atoms with Crippen molar-refractivity contribution in [1.29, 1.82) is 0 Å². The van der Waals surface area contributed by atoms with E-state index in [-0.39, 0.29) is 5.56 Å². The van der Waals surface area contributed by atoms with Crippen LogP contribution in [0.4, 0.5) is 4.79 Å². The minimum Gasteiger partial charge on any atom is -0.322 e. The summed E-state index contributed by atoms with van der Waals surface area (Å²) in [5, 5.41) is 14.3. The van der Waals surface area contributed by atoms with Gasteiger partial charge in [0.05, 0.1) is 5.69 Å². The summed E-state index contributed by atoms with van der Waals surface area (Å²) in [7, 11) is 0. The van der Waals surface area contributed by atoms with Gasteiger partial charge in [-0.2, -0.15) is 5.01 Å². The van der Waals surface area contributed by atoms with Crippen molar-refractivity contribution >= 4 is 17.8 Å². The Morgan fingerprint density at radius 1 is 1.10 bits per heavy atom. The molecule has 0 bridgehead atoms. The first kappa shape index (κ1) is 19.2. The molecule has 2 aromatic carbocycles. The Kier molecular flexibility index (Phi) is 4.97. The molecule has 1 saturated heterocycles. The number of hydrogen-bond acceptors (Lipinski definition) is 6. The number of rotatable bonds is 6. The zero-order valence-corrected chi connectivity index (χ0v) is 16.1. The zero-order valence-electron chi connectivity index (χ0n) is 16.1. The van der Waals surface area contributed by atoms with Gasteiger partial charge in [-0.3, -0.25) is 15.0 Å². The van der Waals surface area contributed by atoms with E-state index in [1.54, 1.807) is 31.2 Å². The molecule has 30 heavy (non-hydrogen) atoms. The molecule has 1 aliphatic rings. The number of benzene rings is 2. The second-order valence-electron chi connectivity index (χ2n) is 7.13. The summed E-state index contributed by atoms with van der Waals surface area (Å²) in [6, 6.07) is 15.4. The van der Waals surface area contributed by atoms with Crippen LogP contribution in [0.2, 0.25) is 0 Å². The number of carbonyl (C=O) groups excluding carboxylic acids is 3. The van der Waals surface area contributed by atoms with Crippen LogP contribution in [0.5, 0.6) is 0 Å². The largest absolute Gasteiger partial charge is 0.344 e. The number of hydrogen-bond donors (Lipinski definition) is 2. The Hall–Kier alpha value is -4.08. The van der Waals surface area contributed by atoms with E-state index in [0.717, 1.165) is 10.6 Å². The van der Waals surface area contributed by atoms with Gasteiger partial charge in [-0.05, 0) is 60.0 Å². The van der Waals surface area contributed by atoms with E-state index in [1.807, 2.05) is 30.3 Å². The highest BCUT2D eigenvalue weighted by Gasteiger charge is 2.48. The standard InChI is InChI=1S/C20H19N7O3/c1-20(12-11-14-5-3-2-4-6-14)18(29)27(19(30)22-20)23-17(28)15-7-9-16(10-8-15)26-13-21-24-25-26/h2-10,13H,11-12H2,1H3,(H,22,30)(H,23,28). The maximum Gasteiger partial charge on any atom is 0.344 e. The monoisotopic (exact) mass is 405 g/mol. The van der Waals surface area contributed by atoms with Gasteiger partial charge in [-0.25, -0.2) is 9.48 Å². The van der Waals surface area contributed by atoms with Gasteiger partial charge in [-0.1, -0.05) is 30.3 Å². The van der Waals surface area contributed by atoms with Crippen molar-refractivity contribution in [3.63, 3.8) is 0 Å². The molecule has 10 heteroatoms. The molecule has 1 aliphatic heterocycles. The van der Waals surface area contributed by atoms with Crippen LogP contribution >= 0.6 is 0 Å². The summed E-state index contributed by atoms with van der Waals surface area (Å²) in [5.74, 6) is -1.07. The molecular formula is C20H19N7O3. The lowest BCUT2D eigenvalue weighted by molar-refractivity contribution is -0.132. The average Bonchev–Trinajstić information content (AvgIpc) is 3.37. The maximum absolute atomic E-state index is 12.8. The van der Waals surface area contributed by atoms with Crippen molar-refractivity contribution < 1.29 is 14.4 Å². The third-order valence-corrected chi connectivity index (χ3v) is 4.97. The smallest absolute Gasteiger partial charge is 0.322 e. The van der Waals surface area contributed by atoms with E-state index in [4.69, 9.17) is 0 Å². The van der Waals surface area contributed by atoms with Gasteiger partial charge >= 0.3 is 6.03 Å². The molecule has 0 spiro atoms.